The molecule has 4 nitrogen and oxygen atoms in total. The molecule has 1 aromatic rings. The summed E-state index contributed by atoms with van der Waals surface area (Å²) in [6, 6.07) is 5.75. The smallest absolute Gasteiger partial charge is 0.203 e. The van der Waals surface area contributed by atoms with E-state index >= 15 is 0 Å². The first-order valence-corrected chi connectivity index (χ1v) is 5.20. The molecule has 1 radical (unpaired) electrons. The monoisotopic (exact) mass is 234 g/mol. The molecular formula is C13H16NO3. The molecule has 1 unspecified atom stereocenters. The molecule has 0 amide bonds. The second-order valence-electron chi connectivity index (χ2n) is 3.43. The Bertz CT molecular complexity index is 398. The highest BCUT2D eigenvalue weighted by Crippen LogP contribution is 2.40. The zero-order valence-electron chi connectivity index (χ0n) is 10.3. The van der Waals surface area contributed by atoms with E-state index < -0.39 is 0 Å². The fourth-order valence-electron chi connectivity index (χ4n) is 1.61. The first-order valence-electron chi connectivity index (χ1n) is 5.20. The number of benzene rings is 1. The van der Waals surface area contributed by atoms with Crippen LogP contribution >= 0.6 is 0 Å². The standard InChI is InChI=1S/C13H16NO3/c1-5-9(8-14)10-6-11(15-2)13(17-4)12(7-10)16-3/h6-7,9H,1,5H2,2-4H3. The van der Waals surface area contributed by atoms with Crippen molar-refractivity contribution in [2.75, 3.05) is 21.3 Å². The summed E-state index contributed by atoms with van der Waals surface area (Å²) in [6.45, 7) is 3.75. The molecule has 0 N–H and O–H groups in total. The van der Waals surface area contributed by atoms with Crippen LogP contribution < -0.4 is 14.2 Å². The Balaban J connectivity index is 3.32. The highest BCUT2D eigenvalue weighted by Gasteiger charge is 2.17. The van der Waals surface area contributed by atoms with Crippen molar-refractivity contribution in [3.05, 3.63) is 24.6 Å². The summed E-state index contributed by atoms with van der Waals surface area (Å²) in [5, 5.41) is 9.03. The van der Waals surface area contributed by atoms with Gasteiger partial charge in [-0.15, -0.1) is 0 Å². The first kappa shape index (κ1) is 13.2. The molecular weight excluding hydrogens is 218 g/mol. The maximum Gasteiger partial charge on any atom is 0.203 e. The number of hydrogen-bond acceptors (Lipinski definition) is 4. The predicted octanol–water partition coefficient (Wildman–Crippen LogP) is 2.54. The summed E-state index contributed by atoms with van der Waals surface area (Å²) in [5.74, 6) is 1.36. The molecule has 1 aromatic carbocycles. The molecule has 91 valence electrons. The number of ether oxygens (including phenoxy) is 3. The lowest BCUT2D eigenvalue weighted by atomic mass is 9.97. The fourth-order valence-corrected chi connectivity index (χ4v) is 1.61. The molecule has 17 heavy (non-hydrogen) atoms. The van der Waals surface area contributed by atoms with Crippen molar-refractivity contribution in [1.82, 2.24) is 0 Å². The molecule has 0 aliphatic heterocycles. The Morgan fingerprint density at radius 1 is 1.18 bits per heavy atom. The van der Waals surface area contributed by atoms with Crippen LogP contribution in [0.4, 0.5) is 0 Å². The van der Waals surface area contributed by atoms with Crippen molar-refractivity contribution >= 4 is 0 Å². The van der Waals surface area contributed by atoms with Gasteiger partial charge >= 0.3 is 0 Å². The van der Waals surface area contributed by atoms with Crippen LogP contribution in [0.15, 0.2) is 12.1 Å². The molecule has 0 spiro atoms. The minimum Gasteiger partial charge on any atom is -0.493 e. The van der Waals surface area contributed by atoms with Gasteiger partial charge < -0.3 is 14.2 Å². The number of methoxy groups -OCH3 is 3. The third-order valence-corrected chi connectivity index (χ3v) is 2.53. The van der Waals surface area contributed by atoms with Gasteiger partial charge in [0.1, 0.15) is 0 Å². The highest BCUT2D eigenvalue weighted by atomic mass is 16.5. The van der Waals surface area contributed by atoms with E-state index in [0.717, 1.165) is 5.56 Å². The van der Waals surface area contributed by atoms with E-state index in [9.17, 15) is 0 Å². The molecule has 0 heterocycles. The average molecular weight is 234 g/mol. The Labute approximate surface area is 102 Å². The minimum absolute atomic E-state index is 0.274. The average Bonchev–Trinajstić information content (AvgIpc) is 2.38. The first-order chi connectivity index (χ1) is 8.21. The van der Waals surface area contributed by atoms with Crippen molar-refractivity contribution in [2.45, 2.75) is 12.3 Å². The van der Waals surface area contributed by atoms with Gasteiger partial charge in [0.25, 0.3) is 0 Å². The highest BCUT2D eigenvalue weighted by molar-refractivity contribution is 5.55. The number of nitrogens with zero attached hydrogens (tertiary/aromatic N) is 1. The van der Waals surface area contributed by atoms with Crippen molar-refractivity contribution in [2.24, 2.45) is 0 Å². The summed E-state index contributed by atoms with van der Waals surface area (Å²) >= 11 is 0. The van der Waals surface area contributed by atoms with Crippen LogP contribution in [-0.2, 0) is 0 Å². The lowest BCUT2D eigenvalue weighted by Gasteiger charge is -2.15. The number of nitriles is 1. The third kappa shape index (κ3) is 2.62. The molecule has 0 fully saturated rings. The van der Waals surface area contributed by atoms with E-state index in [4.69, 9.17) is 19.5 Å². The number of hydrogen-bond donors (Lipinski definition) is 0. The van der Waals surface area contributed by atoms with Gasteiger partial charge in [0.2, 0.25) is 5.75 Å². The van der Waals surface area contributed by atoms with E-state index in [2.05, 4.69) is 13.0 Å². The quantitative estimate of drug-likeness (QED) is 0.785. The molecule has 0 aliphatic carbocycles. The van der Waals surface area contributed by atoms with Gasteiger partial charge in [-0.2, -0.15) is 5.26 Å². The summed E-state index contributed by atoms with van der Waals surface area (Å²) in [5.41, 5.74) is 0.817. The summed E-state index contributed by atoms with van der Waals surface area (Å²) in [6.07, 6.45) is 0.495. The third-order valence-electron chi connectivity index (χ3n) is 2.53. The van der Waals surface area contributed by atoms with Gasteiger partial charge in [0, 0.05) is 0 Å². The fraction of sp³-hybridized carbons (Fsp3) is 0.385. The van der Waals surface area contributed by atoms with Gasteiger partial charge in [-0.3, -0.25) is 0 Å². The predicted molar refractivity (Wildman–Crippen MR) is 64.4 cm³/mol. The van der Waals surface area contributed by atoms with Crippen molar-refractivity contribution in [3.63, 3.8) is 0 Å². The van der Waals surface area contributed by atoms with Crippen LogP contribution in [0.5, 0.6) is 17.2 Å². The van der Waals surface area contributed by atoms with Crippen molar-refractivity contribution in [3.8, 4) is 23.3 Å². The molecule has 1 atom stereocenters. The second-order valence-corrected chi connectivity index (χ2v) is 3.43. The van der Waals surface area contributed by atoms with Crippen LogP contribution in [0.3, 0.4) is 0 Å². The van der Waals surface area contributed by atoms with Crippen LogP contribution in [0, 0.1) is 18.3 Å². The maximum atomic E-state index is 9.03. The lowest BCUT2D eigenvalue weighted by molar-refractivity contribution is 0.323. The van der Waals surface area contributed by atoms with E-state index in [0.29, 0.717) is 23.7 Å². The summed E-state index contributed by atoms with van der Waals surface area (Å²) in [4.78, 5) is 0. The zero-order chi connectivity index (χ0) is 12.8. The van der Waals surface area contributed by atoms with Crippen LogP contribution in [-0.4, -0.2) is 21.3 Å². The summed E-state index contributed by atoms with van der Waals surface area (Å²) < 4.78 is 15.7. The Morgan fingerprint density at radius 2 is 1.71 bits per heavy atom. The number of rotatable bonds is 5. The molecule has 0 saturated carbocycles. The summed E-state index contributed by atoms with van der Waals surface area (Å²) in [7, 11) is 4.64. The topological polar surface area (TPSA) is 51.5 Å². The largest absolute Gasteiger partial charge is 0.493 e. The molecule has 0 aliphatic rings. The van der Waals surface area contributed by atoms with Crippen LogP contribution in [0.2, 0.25) is 0 Å². The zero-order valence-corrected chi connectivity index (χ0v) is 10.3. The molecule has 0 saturated heterocycles. The molecule has 4 heteroatoms. The Kier molecular flexibility index (Phi) is 4.65. The van der Waals surface area contributed by atoms with Crippen LogP contribution in [0.25, 0.3) is 0 Å². The van der Waals surface area contributed by atoms with Gasteiger partial charge in [0.05, 0.1) is 33.3 Å². The second kappa shape index (κ2) is 6.00. The van der Waals surface area contributed by atoms with Crippen molar-refractivity contribution < 1.29 is 14.2 Å². The van der Waals surface area contributed by atoms with Gasteiger partial charge in [-0.1, -0.05) is 6.92 Å². The Morgan fingerprint density at radius 3 is 2.00 bits per heavy atom. The molecule has 0 aromatic heterocycles. The minimum atomic E-state index is -0.274. The van der Waals surface area contributed by atoms with Gasteiger partial charge in [0.15, 0.2) is 11.5 Å². The maximum absolute atomic E-state index is 9.03. The van der Waals surface area contributed by atoms with E-state index in [1.54, 1.807) is 33.5 Å². The van der Waals surface area contributed by atoms with Gasteiger partial charge in [-0.25, -0.2) is 0 Å². The van der Waals surface area contributed by atoms with Crippen molar-refractivity contribution in [1.29, 1.82) is 5.26 Å². The lowest BCUT2D eigenvalue weighted by Crippen LogP contribution is -2.00. The molecule has 1 rings (SSSR count). The van der Waals surface area contributed by atoms with Gasteiger partial charge in [-0.05, 0) is 24.1 Å². The normalized spacial score (nSPS) is 11.5. The van der Waals surface area contributed by atoms with E-state index in [-0.39, 0.29) is 5.92 Å². The molecule has 0 bridgehead atoms. The van der Waals surface area contributed by atoms with Crippen LogP contribution in [0.1, 0.15) is 17.9 Å². The SMILES string of the molecule is [CH2]CC(C#N)c1cc(OC)c(OC)c(OC)c1. The van der Waals surface area contributed by atoms with E-state index in [1.807, 2.05) is 0 Å². The Hall–Kier alpha value is -1.89. The van der Waals surface area contributed by atoms with E-state index in [1.165, 1.54) is 0 Å².